The molecule has 0 unspecified atom stereocenters. The lowest BCUT2D eigenvalue weighted by Crippen LogP contribution is -2.49. The van der Waals surface area contributed by atoms with Crippen molar-refractivity contribution in [2.24, 2.45) is 5.92 Å². The number of alkyl halides is 3. The molecule has 1 aromatic heterocycles. The predicted molar refractivity (Wildman–Crippen MR) is 82.5 cm³/mol. The maximum absolute atomic E-state index is 10.6. The molecule has 2 aliphatic heterocycles. The molecule has 2 saturated heterocycles. The molecule has 7 nitrogen and oxygen atoms in total. The number of halogens is 3. The zero-order valence-corrected chi connectivity index (χ0v) is 14.4. The van der Waals surface area contributed by atoms with Crippen LogP contribution in [0.2, 0.25) is 0 Å². The van der Waals surface area contributed by atoms with E-state index in [0.717, 1.165) is 37.2 Å². The molecule has 0 radical (unpaired) electrons. The van der Waals surface area contributed by atoms with Gasteiger partial charge in [0.15, 0.2) is 5.82 Å². The topological polar surface area (TPSA) is 88.7 Å². The number of fused-ring (bicyclic) bond motifs is 1. The van der Waals surface area contributed by atoms with Gasteiger partial charge in [0.05, 0.1) is 12.0 Å². The quantitative estimate of drug-likeness (QED) is 0.865. The summed E-state index contributed by atoms with van der Waals surface area (Å²) in [5, 5.41) is 11.1. The van der Waals surface area contributed by atoms with E-state index in [4.69, 9.17) is 19.2 Å². The lowest BCUT2D eigenvalue weighted by atomic mass is 9.89. The minimum Gasteiger partial charge on any atom is -0.475 e. The third kappa shape index (κ3) is 4.73. The van der Waals surface area contributed by atoms with Crippen LogP contribution < -0.4 is 0 Å². The number of rotatable bonds is 3. The summed E-state index contributed by atoms with van der Waals surface area (Å²) in [5.74, 6) is 0.0432. The number of hydrogen-bond donors (Lipinski definition) is 1. The zero-order valence-electron chi connectivity index (χ0n) is 14.4. The number of carboxylic acids is 1. The molecule has 3 heterocycles. The summed E-state index contributed by atoms with van der Waals surface area (Å²) in [4.78, 5) is 15.9. The van der Waals surface area contributed by atoms with E-state index >= 15 is 0 Å². The normalized spacial score (nSPS) is 29.0. The van der Waals surface area contributed by atoms with E-state index in [0.29, 0.717) is 18.1 Å². The molecule has 0 amide bonds. The first-order valence-electron chi connectivity index (χ1n) is 8.70. The van der Waals surface area contributed by atoms with Gasteiger partial charge in [-0.1, -0.05) is 5.16 Å². The summed E-state index contributed by atoms with van der Waals surface area (Å²) < 4.78 is 43.0. The highest BCUT2D eigenvalue weighted by molar-refractivity contribution is 5.73. The molecule has 146 valence electrons. The van der Waals surface area contributed by atoms with E-state index in [2.05, 4.69) is 15.0 Å². The van der Waals surface area contributed by atoms with Gasteiger partial charge in [0.25, 0.3) is 0 Å². The van der Waals surface area contributed by atoms with Gasteiger partial charge in [0.2, 0.25) is 5.89 Å². The van der Waals surface area contributed by atoms with Crippen LogP contribution in [0.15, 0.2) is 4.52 Å². The molecule has 3 fully saturated rings. The molecule has 0 spiro atoms. The number of hydrogen-bond acceptors (Lipinski definition) is 6. The molecule has 26 heavy (non-hydrogen) atoms. The first kappa shape index (κ1) is 19.1. The van der Waals surface area contributed by atoms with E-state index in [9.17, 15) is 13.2 Å². The number of aliphatic carboxylic acids is 1. The van der Waals surface area contributed by atoms with Crippen molar-refractivity contribution < 1.29 is 32.3 Å². The number of piperidine rings is 1. The molecule has 0 bridgehead atoms. The Morgan fingerprint density at radius 1 is 1.35 bits per heavy atom. The second kappa shape index (κ2) is 7.51. The first-order chi connectivity index (χ1) is 12.2. The smallest absolute Gasteiger partial charge is 0.475 e. The predicted octanol–water partition coefficient (Wildman–Crippen LogP) is 2.37. The summed E-state index contributed by atoms with van der Waals surface area (Å²) in [7, 11) is 0. The van der Waals surface area contributed by atoms with E-state index < -0.39 is 12.1 Å². The second-order valence-corrected chi connectivity index (χ2v) is 7.08. The summed E-state index contributed by atoms with van der Waals surface area (Å²) in [6.07, 6.45) is 0.309. The third-order valence-electron chi connectivity index (χ3n) is 4.94. The maximum Gasteiger partial charge on any atom is 0.490 e. The van der Waals surface area contributed by atoms with Crippen molar-refractivity contribution in [3.05, 3.63) is 11.7 Å². The standard InChI is InChI=1S/C14H21N3O2.C2HF3O2/c1-9-15-14(19-16-9)11-6-13-12(4-5-18-13)17(8-11)7-10-2-3-10;3-2(4,5)1(6)7/h10-13H,2-8H2,1H3;(H,6,7)/t11-,12+,13+;/m0./s1. The molecule has 1 N–H and O–H groups in total. The van der Waals surface area contributed by atoms with Gasteiger partial charge in [-0.25, -0.2) is 4.79 Å². The van der Waals surface area contributed by atoms with Crippen molar-refractivity contribution in [1.29, 1.82) is 0 Å². The van der Waals surface area contributed by atoms with Crippen LogP contribution in [0.4, 0.5) is 13.2 Å². The van der Waals surface area contributed by atoms with Gasteiger partial charge in [-0.3, -0.25) is 4.90 Å². The summed E-state index contributed by atoms with van der Waals surface area (Å²) in [5.41, 5.74) is 0. The minimum atomic E-state index is -5.08. The van der Waals surface area contributed by atoms with Crippen LogP contribution in [-0.2, 0) is 9.53 Å². The van der Waals surface area contributed by atoms with E-state index in [1.165, 1.54) is 25.8 Å². The highest BCUT2D eigenvalue weighted by Gasteiger charge is 2.43. The van der Waals surface area contributed by atoms with Gasteiger partial charge < -0.3 is 14.4 Å². The van der Waals surface area contributed by atoms with Crippen LogP contribution in [0.3, 0.4) is 0 Å². The number of nitrogens with zero attached hydrogens (tertiary/aromatic N) is 3. The van der Waals surface area contributed by atoms with E-state index in [-0.39, 0.29) is 0 Å². The molecule has 1 saturated carbocycles. The fraction of sp³-hybridized carbons (Fsp3) is 0.812. The number of likely N-dealkylation sites (tertiary alicyclic amines) is 1. The maximum atomic E-state index is 10.6. The van der Waals surface area contributed by atoms with Crippen molar-refractivity contribution in [3.8, 4) is 0 Å². The first-order valence-corrected chi connectivity index (χ1v) is 8.70. The average Bonchev–Trinajstić information content (AvgIpc) is 3.06. The lowest BCUT2D eigenvalue weighted by Gasteiger charge is -2.39. The van der Waals surface area contributed by atoms with Crippen LogP contribution in [-0.4, -0.2) is 64.1 Å². The minimum absolute atomic E-state index is 0.347. The van der Waals surface area contributed by atoms with Crippen LogP contribution in [0.1, 0.15) is 43.3 Å². The van der Waals surface area contributed by atoms with Crippen molar-refractivity contribution in [3.63, 3.8) is 0 Å². The van der Waals surface area contributed by atoms with Crippen molar-refractivity contribution in [2.75, 3.05) is 19.7 Å². The molecule has 1 aliphatic carbocycles. The van der Waals surface area contributed by atoms with E-state index in [1.807, 2.05) is 6.92 Å². The van der Waals surface area contributed by atoms with Gasteiger partial charge >= 0.3 is 12.1 Å². The van der Waals surface area contributed by atoms with Crippen molar-refractivity contribution in [2.45, 2.75) is 56.8 Å². The fourth-order valence-electron chi connectivity index (χ4n) is 3.55. The number of ether oxygens (including phenoxy) is 1. The molecular weight excluding hydrogens is 355 g/mol. The highest BCUT2D eigenvalue weighted by Crippen LogP contribution is 2.39. The Labute approximate surface area is 148 Å². The number of carbonyl (C=O) groups is 1. The average molecular weight is 377 g/mol. The fourth-order valence-corrected chi connectivity index (χ4v) is 3.55. The Bertz CT molecular complexity index is 633. The third-order valence-corrected chi connectivity index (χ3v) is 4.94. The largest absolute Gasteiger partial charge is 0.490 e. The van der Waals surface area contributed by atoms with Gasteiger partial charge in [-0.05, 0) is 38.5 Å². The van der Waals surface area contributed by atoms with Crippen molar-refractivity contribution in [1.82, 2.24) is 15.0 Å². The lowest BCUT2D eigenvalue weighted by molar-refractivity contribution is -0.192. The van der Waals surface area contributed by atoms with Crippen LogP contribution in [0.25, 0.3) is 0 Å². The Hall–Kier alpha value is -1.68. The Morgan fingerprint density at radius 3 is 2.58 bits per heavy atom. The van der Waals surface area contributed by atoms with Gasteiger partial charge in [-0.15, -0.1) is 0 Å². The van der Waals surface area contributed by atoms with Gasteiger partial charge in [-0.2, -0.15) is 18.2 Å². The molecule has 1 aromatic rings. The zero-order chi connectivity index (χ0) is 18.9. The van der Waals surface area contributed by atoms with Crippen LogP contribution >= 0.6 is 0 Å². The summed E-state index contributed by atoms with van der Waals surface area (Å²) in [6, 6.07) is 0.626. The molecule has 0 aromatic carbocycles. The molecule has 3 atom stereocenters. The van der Waals surface area contributed by atoms with Crippen LogP contribution in [0, 0.1) is 12.8 Å². The number of aromatic nitrogens is 2. The van der Waals surface area contributed by atoms with Crippen LogP contribution in [0.5, 0.6) is 0 Å². The second-order valence-electron chi connectivity index (χ2n) is 7.08. The Kier molecular flexibility index (Phi) is 5.52. The Morgan fingerprint density at radius 2 is 2.04 bits per heavy atom. The SMILES string of the molecule is Cc1noc([C@H]2C[C@H]3OCC[C@H]3N(CC3CC3)C2)n1.O=C(O)C(F)(F)F. The summed E-state index contributed by atoms with van der Waals surface area (Å²) in [6.45, 7) is 5.08. The van der Waals surface area contributed by atoms with E-state index in [1.54, 1.807) is 0 Å². The number of aryl methyl sites for hydroxylation is 1. The van der Waals surface area contributed by atoms with Crippen molar-refractivity contribution >= 4 is 5.97 Å². The summed E-state index contributed by atoms with van der Waals surface area (Å²) >= 11 is 0. The highest BCUT2D eigenvalue weighted by atomic mass is 19.4. The molecule has 4 rings (SSSR count). The van der Waals surface area contributed by atoms with Gasteiger partial charge in [0.1, 0.15) is 0 Å². The number of carboxylic acid groups (broad SMARTS) is 1. The Balaban J connectivity index is 0.000000242. The van der Waals surface area contributed by atoms with Gasteiger partial charge in [0, 0.05) is 25.7 Å². The molecule has 10 heteroatoms. The molecule has 3 aliphatic rings. The molecular formula is C16H22F3N3O4. The monoisotopic (exact) mass is 377 g/mol.